The molecule has 2 fully saturated rings. The van der Waals surface area contributed by atoms with Gasteiger partial charge in [-0.25, -0.2) is 0 Å². The second-order valence-electron chi connectivity index (χ2n) is 5.78. The summed E-state index contributed by atoms with van der Waals surface area (Å²) in [7, 11) is 1.88. The number of rotatable bonds is 2. The van der Waals surface area contributed by atoms with Crippen LogP contribution in [-0.2, 0) is 7.05 Å². The Balaban J connectivity index is 1.86. The van der Waals surface area contributed by atoms with Crippen LogP contribution in [0.25, 0.3) is 0 Å². The fraction of sp³-hybridized carbons (Fsp3) is 0.714. The van der Waals surface area contributed by atoms with Crippen LogP contribution in [-0.4, -0.2) is 46.3 Å². The van der Waals surface area contributed by atoms with Crippen molar-refractivity contribution < 1.29 is 4.79 Å². The minimum atomic E-state index is 0.159. The quantitative estimate of drug-likeness (QED) is 0.857. The van der Waals surface area contributed by atoms with Crippen molar-refractivity contribution in [1.82, 2.24) is 20.0 Å². The van der Waals surface area contributed by atoms with E-state index in [2.05, 4.69) is 22.2 Å². The van der Waals surface area contributed by atoms with E-state index in [4.69, 9.17) is 0 Å². The van der Waals surface area contributed by atoms with E-state index in [1.54, 1.807) is 10.9 Å². The van der Waals surface area contributed by atoms with Crippen molar-refractivity contribution >= 4 is 5.91 Å². The van der Waals surface area contributed by atoms with E-state index in [1.807, 2.05) is 14.0 Å². The summed E-state index contributed by atoms with van der Waals surface area (Å²) in [6.45, 7) is 7.14. The molecule has 104 valence electrons. The molecule has 3 unspecified atom stereocenters. The molecule has 3 atom stereocenters. The number of carbonyl (C=O) groups excluding carboxylic acids is 1. The van der Waals surface area contributed by atoms with Gasteiger partial charge in [0.2, 0.25) is 0 Å². The molecular weight excluding hydrogens is 240 g/mol. The Hall–Kier alpha value is -1.36. The van der Waals surface area contributed by atoms with Crippen LogP contribution in [0.3, 0.4) is 0 Å². The van der Waals surface area contributed by atoms with Crippen LogP contribution < -0.4 is 5.32 Å². The zero-order valence-electron chi connectivity index (χ0n) is 11.9. The smallest absolute Gasteiger partial charge is 0.257 e. The number of nitrogens with one attached hydrogen (secondary N) is 1. The summed E-state index contributed by atoms with van der Waals surface area (Å²) in [5.74, 6) is 1.42. The van der Waals surface area contributed by atoms with E-state index in [9.17, 15) is 4.79 Å². The molecule has 3 rings (SSSR count). The van der Waals surface area contributed by atoms with Gasteiger partial charge in [-0.1, -0.05) is 6.92 Å². The summed E-state index contributed by atoms with van der Waals surface area (Å²) in [6.07, 6.45) is 2.74. The SMILES string of the molecule is CCC1C2CNCC2CN1C(=O)c1cnn(C)c1C. The number of fused-ring (bicyclic) bond motifs is 1. The minimum Gasteiger partial charge on any atom is -0.335 e. The molecule has 0 bridgehead atoms. The van der Waals surface area contributed by atoms with Gasteiger partial charge in [0.15, 0.2) is 0 Å². The lowest BCUT2D eigenvalue weighted by Crippen LogP contribution is -2.39. The maximum atomic E-state index is 12.7. The molecule has 1 aromatic heterocycles. The molecule has 1 aromatic rings. The topological polar surface area (TPSA) is 50.2 Å². The average molecular weight is 262 g/mol. The highest BCUT2D eigenvalue weighted by molar-refractivity contribution is 5.95. The van der Waals surface area contributed by atoms with Gasteiger partial charge in [-0.15, -0.1) is 0 Å². The second kappa shape index (κ2) is 4.63. The molecule has 0 spiro atoms. The van der Waals surface area contributed by atoms with Crippen molar-refractivity contribution in [3.8, 4) is 0 Å². The van der Waals surface area contributed by atoms with Gasteiger partial charge in [0, 0.05) is 38.4 Å². The van der Waals surface area contributed by atoms with Crippen LogP contribution in [0, 0.1) is 18.8 Å². The molecule has 5 nitrogen and oxygen atoms in total. The molecule has 0 saturated carbocycles. The molecular formula is C14H22N4O. The van der Waals surface area contributed by atoms with Crippen LogP contribution in [0.5, 0.6) is 0 Å². The normalized spacial score (nSPS) is 29.8. The molecule has 2 aliphatic rings. The van der Waals surface area contributed by atoms with Gasteiger partial charge in [0.1, 0.15) is 0 Å². The largest absolute Gasteiger partial charge is 0.335 e. The number of hydrogen-bond donors (Lipinski definition) is 1. The fourth-order valence-corrected chi connectivity index (χ4v) is 3.64. The lowest BCUT2D eigenvalue weighted by atomic mass is 9.93. The maximum absolute atomic E-state index is 12.7. The standard InChI is InChI=1S/C14H22N4O/c1-4-13-12-6-15-5-10(12)8-18(13)14(19)11-7-16-17(3)9(11)2/h7,10,12-13,15H,4-6,8H2,1-3H3. The van der Waals surface area contributed by atoms with E-state index < -0.39 is 0 Å². The summed E-state index contributed by atoms with van der Waals surface area (Å²) in [5, 5.41) is 7.64. The Bertz CT molecular complexity index is 496. The fourth-order valence-electron chi connectivity index (χ4n) is 3.64. The molecule has 1 N–H and O–H groups in total. The number of carbonyl (C=O) groups is 1. The molecule has 1 amide bonds. The van der Waals surface area contributed by atoms with Gasteiger partial charge in [-0.05, 0) is 25.2 Å². The Kier molecular flexibility index (Phi) is 3.09. The van der Waals surface area contributed by atoms with Crippen LogP contribution >= 0.6 is 0 Å². The van der Waals surface area contributed by atoms with Crippen molar-refractivity contribution in [3.05, 3.63) is 17.5 Å². The van der Waals surface area contributed by atoms with Gasteiger partial charge in [-0.3, -0.25) is 9.48 Å². The molecule has 3 heterocycles. The lowest BCUT2D eigenvalue weighted by Gasteiger charge is -2.26. The van der Waals surface area contributed by atoms with Crippen LogP contribution in [0.2, 0.25) is 0 Å². The van der Waals surface area contributed by atoms with Gasteiger partial charge < -0.3 is 10.2 Å². The molecule has 2 saturated heterocycles. The van der Waals surface area contributed by atoms with E-state index in [1.165, 1.54) is 0 Å². The highest BCUT2D eigenvalue weighted by atomic mass is 16.2. The second-order valence-corrected chi connectivity index (χ2v) is 5.78. The van der Waals surface area contributed by atoms with Crippen LogP contribution in [0.1, 0.15) is 29.4 Å². The molecule has 0 aliphatic carbocycles. The van der Waals surface area contributed by atoms with Crippen molar-refractivity contribution in [2.75, 3.05) is 19.6 Å². The molecule has 5 heteroatoms. The number of aromatic nitrogens is 2. The highest BCUT2D eigenvalue weighted by Crippen LogP contribution is 2.35. The molecule has 2 aliphatic heterocycles. The maximum Gasteiger partial charge on any atom is 0.257 e. The van der Waals surface area contributed by atoms with E-state index in [-0.39, 0.29) is 5.91 Å². The minimum absolute atomic E-state index is 0.159. The van der Waals surface area contributed by atoms with Gasteiger partial charge in [0.05, 0.1) is 11.8 Å². The summed E-state index contributed by atoms with van der Waals surface area (Å²) in [6, 6.07) is 0.382. The Morgan fingerprint density at radius 1 is 1.53 bits per heavy atom. The Labute approximate surface area is 114 Å². The van der Waals surface area contributed by atoms with Crippen molar-refractivity contribution in [2.24, 2.45) is 18.9 Å². The first-order chi connectivity index (χ1) is 9.13. The third-order valence-electron chi connectivity index (χ3n) is 4.86. The van der Waals surface area contributed by atoms with Gasteiger partial charge in [-0.2, -0.15) is 5.10 Å². The number of aryl methyl sites for hydroxylation is 1. The van der Waals surface area contributed by atoms with Gasteiger partial charge in [0.25, 0.3) is 5.91 Å². The van der Waals surface area contributed by atoms with E-state index >= 15 is 0 Å². The summed E-state index contributed by atoms with van der Waals surface area (Å²) >= 11 is 0. The summed E-state index contributed by atoms with van der Waals surface area (Å²) < 4.78 is 1.77. The Morgan fingerprint density at radius 3 is 2.95 bits per heavy atom. The van der Waals surface area contributed by atoms with E-state index in [0.29, 0.717) is 17.9 Å². The monoisotopic (exact) mass is 262 g/mol. The van der Waals surface area contributed by atoms with Crippen molar-refractivity contribution in [1.29, 1.82) is 0 Å². The highest BCUT2D eigenvalue weighted by Gasteiger charge is 2.45. The summed E-state index contributed by atoms with van der Waals surface area (Å²) in [4.78, 5) is 14.8. The molecule has 0 radical (unpaired) electrons. The molecule has 0 aromatic carbocycles. The van der Waals surface area contributed by atoms with Crippen LogP contribution in [0.4, 0.5) is 0 Å². The lowest BCUT2D eigenvalue weighted by molar-refractivity contribution is 0.0711. The zero-order chi connectivity index (χ0) is 13.6. The van der Waals surface area contributed by atoms with Crippen molar-refractivity contribution in [2.45, 2.75) is 26.3 Å². The summed E-state index contributed by atoms with van der Waals surface area (Å²) in [5.41, 5.74) is 1.71. The first-order valence-corrected chi connectivity index (χ1v) is 7.13. The first-order valence-electron chi connectivity index (χ1n) is 7.13. The first kappa shape index (κ1) is 12.7. The molecule has 19 heavy (non-hydrogen) atoms. The predicted octanol–water partition coefficient (Wildman–Crippen LogP) is 0.799. The predicted molar refractivity (Wildman–Crippen MR) is 72.9 cm³/mol. The van der Waals surface area contributed by atoms with Crippen LogP contribution in [0.15, 0.2) is 6.20 Å². The third kappa shape index (κ3) is 1.87. The van der Waals surface area contributed by atoms with Gasteiger partial charge >= 0.3 is 0 Å². The Morgan fingerprint density at radius 2 is 2.32 bits per heavy atom. The zero-order valence-corrected chi connectivity index (χ0v) is 11.9. The number of likely N-dealkylation sites (tertiary alicyclic amines) is 1. The van der Waals surface area contributed by atoms with E-state index in [0.717, 1.165) is 37.3 Å². The third-order valence-corrected chi connectivity index (χ3v) is 4.86. The van der Waals surface area contributed by atoms with Crippen molar-refractivity contribution in [3.63, 3.8) is 0 Å². The average Bonchev–Trinajstić information content (AvgIpc) is 3.04. The number of amides is 1. The number of hydrogen-bond acceptors (Lipinski definition) is 3. The number of nitrogens with zero attached hydrogens (tertiary/aromatic N) is 3.